The van der Waals surface area contributed by atoms with Crippen molar-refractivity contribution in [2.45, 2.75) is 6.92 Å². The fourth-order valence-electron chi connectivity index (χ4n) is 0.588. The molecule has 0 atom stereocenters. The maximum Gasteiger partial charge on any atom is 0.224 e. The molecule has 2 radical (unpaired) electrons. The van der Waals surface area contributed by atoms with Crippen LogP contribution < -0.4 is 5.23 Å². The molecule has 3 heteroatoms. The molecule has 0 aliphatic rings. The summed E-state index contributed by atoms with van der Waals surface area (Å²) in [6, 6.07) is 3.84. The Kier molecular flexibility index (Phi) is 1.28. The number of aryl methyl sites for hydroxylation is 1. The van der Waals surface area contributed by atoms with Crippen LogP contribution in [0.2, 0.25) is 0 Å². The van der Waals surface area contributed by atoms with Gasteiger partial charge in [-0.1, -0.05) is 0 Å². The molecule has 0 aliphatic carbocycles. The van der Waals surface area contributed by atoms with E-state index in [4.69, 9.17) is 7.98 Å². The molecule has 2 N–H and O–H groups in total. The van der Waals surface area contributed by atoms with Crippen molar-refractivity contribution in [3.05, 3.63) is 17.8 Å². The van der Waals surface area contributed by atoms with Gasteiger partial charge in [0.05, 0.1) is 5.82 Å². The zero-order valence-corrected chi connectivity index (χ0v) is 4.73. The summed E-state index contributed by atoms with van der Waals surface area (Å²) in [5.74, 6) is 0.850. The molecule has 2 nitrogen and oxygen atoms in total. The highest BCUT2D eigenvalue weighted by molar-refractivity contribution is 6.15. The number of hydrogen-bond acceptors (Lipinski definition) is 1. The molecule has 0 unspecified atom stereocenters. The number of anilines is 1. The summed E-state index contributed by atoms with van der Waals surface area (Å²) in [7, 11) is 5.08. The lowest BCUT2D eigenvalue weighted by Gasteiger charge is -1.89. The van der Waals surface area contributed by atoms with E-state index in [1.54, 1.807) is 0 Å². The first-order chi connectivity index (χ1) is 3.83. The molecular weight excluding hydrogens is 98.9 g/mol. The highest BCUT2D eigenvalue weighted by atomic mass is 14.9. The lowest BCUT2D eigenvalue weighted by molar-refractivity contribution is 1.27. The Bertz CT molecular complexity index is 171. The Hall–Kier alpha value is -0.855. The van der Waals surface area contributed by atoms with E-state index in [0.29, 0.717) is 0 Å². The van der Waals surface area contributed by atoms with Gasteiger partial charge >= 0.3 is 0 Å². The van der Waals surface area contributed by atoms with Crippen LogP contribution in [0.4, 0.5) is 5.82 Å². The lowest BCUT2D eigenvalue weighted by atomic mass is 10.4. The van der Waals surface area contributed by atoms with E-state index in [0.717, 1.165) is 11.5 Å². The minimum atomic E-state index is 0.850. The average Bonchev–Trinajstić information content (AvgIpc) is 2.14. The van der Waals surface area contributed by atoms with Crippen LogP contribution in [0.1, 0.15) is 5.69 Å². The fourth-order valence-corrected chi connectivity index (χ4v) is 0.588. The van der Waals surface area contributed by atoms with Crippen molar-refractivity contribution in [1.82, 2.24) is 4.98 Å². The summed E-state index contributed by atoms with van der Waals surface area (Å²) in [6.45, 7) is 1.97. The normalized spacial score (nSPS) is 9.12. The second kappa shape index (κ2) is 1.94. The molecule has 1 rings (SSSR count). The molecule has 0 bridgehead atoms. The van der Waals surface area contributed by atoms with Crippen LogP contribution in [0.5, 0.6) is 0 Å². The Morgan fingerprint density at radius 3 is 2.62 bits per heavy atom. The summed E-state index contributed by atoms with van der Waals surface area (Å²) >= 11 is 0. The van der Waals surface area contributed by atoms with Crippen molar-refractivity contribution in [3.8, 4) is 0 Å². The van der Waals surface area contributed by atoms with Gasteiger partial charge in [0, 0.05) is 5.69 Å². The Balaban J connectivity index is 2.84. The van der Waals surface area contributed by atoms with E-state index < -0.39 is 0 Å². The summed E-state index contributed by atoms with van der Waals surface area (Å²) in [5.41, 5.74) is 1.11. The maximum atomic E-state index is 5.08. The van der Waals surface area contributed by atoms with Crippen LogP contribution in [0.3, 0.4) is 0 Å². The van der Waals surface area contributed by atoms with Gasteiger partial charge in [0.2, 0.25) is 7.98 Å². The number of rotatable bonds is 1. The number of hydrogen-bond donors (Lipinski definition) is 2. The van der Waals surface area contributed by atoms with E-state index in [9.17, 15) is 0 Å². The molecule has 0 amide bonds. The van der Waals surface area contributed by atoms with E-state index in [1.165, 1.54) is 0 Å². The van der Waals surface area contributed by atoms with Crippen LogP contribution in [0.25, 0.3) is 0 Å². The Labute approximate surface area is 49.7 Å². The Morgan fingerprint density at radius 1 is 1.62 bits per heavy atom. The molecule has 0 fully saturated rings. The SMILES string of the molecule is [B]Nc1ccc(C)[nH]1. The van der Waals surface area contributed by atoms with E-state index in [-0.39, 0.29) is 0 Å². The first-order valence-electron chi connectivity index (χ1n) is 2.45. The van der Waals surface area contributed by atoms with Crippen LogP contribution in [-0.4, -0.2) is 13.0 Å². The number of H-pyrrole nitrogens is 1. The molecule has 0 spiro atoms. The molecule has 1 aromatic rings. The van der Waals surface area contributed by atoms with Gasteiger partial charge in [-0.25, -0.2) is 0 Å². The monoisotopic (exact) mass is 106 g/mol. The summed E-state index contributed by atoms with van der Waals surface area (Å²) in [6.07, 6.45) is 0. The average molecular weight is 106 g/mol. The topological polar surface area (TPSA) is 27.8 Å². The third-order valence-corrected chi connectivity index (χ3v) is 0.987. The van der Waals surface area contributed by atoms with Gasteiger partial charge in [0.25, 0.3) is 0 Å². The molecule has 0 aromatic carbocycles. The summed E-state index contributed by atoms with van der Waals surface area (Å²) in [5, 5.41) is 2.49. The van der Waals surface area contributed by atoms with E-state index in [2.05, 4.69) is 10.2 Å². The van der Waals surface area contributed by atoms with Gasteiger partial charge in [-0.15, -0.1) is 0 Å². The highest BCUT2D eigenvalue weighted by Gasteiger charge is 1.86. The first kappa shape index (κ1) is 5.28. The number of aromatic amines is 1. The molecular formula is C5H7BN2. The van der Waals surface area contributed by atoms with Crippen molar-refractivity contribution >= 4 is 13.8 Å². The summed E-state index contributed by atoms with van der Waals surface area (Å²) < 4.78 is 0. The minimum absolute atomic E-state index is 0.850. The van der Waals surface area contributed by atoms with E-state index >= 15 is 0 Å². The van der Waals surface area contributed by atoms with Crippen molar-refractivity contribution in [1.29, 1.82) is 0 Å². The molecule has 1 aromatic heterocycles. The standard InChI is InChI=1S/C5H7BN2/c1-4-2-3-5(7-4)8-6/h2-3,7-8H,1H3. The molecule has 0 aliphatic heterocycles. The van der Waals surface area contributed by atoms with Crippen LogP contribution in [-0.2, 0) is 0 Å². The number of nitrogens with one attached hydrogen (secondary N) is 2. The van der Waals surface area contributed by atoms with Gasteiger partial charge in [-0.2, -0.15) is 0 Å². The third-order valence-electron chi connectivity index (χ3n) is 0.987. The second-order valence-corrected chi connectivity index (χ2v) is 1.70. The van der Waals surface area contributed by atoms with Crippen molar-refractivity contribution in [2.75, 3.05) is 5.23 Å². The summed E-state index contributed by atoms with van der Waals surface area (Å²) in [4.78, 5) is 2.99. The van der Waals surface area contributed by atoms with Crippen LogP contribution in [0, 0.1) is 6.92 Å². The van der Waals surface area contributed by atoms with Crippen molar-refractivity contribution in [3.63, 3.8) is 0 Å². The van der Waals surface area contributed by atoms with Crippen LogP contribution >= 0.6 is 0 Å². The fraction of sp³-hybridized carbons (Fsp3) is 0.200. The van der Waals surface area contributed by atoms with Crippen molar-refractivity contribution in [2.24, 2.45) is 0 Å². The minimum Gasteiger partial charge on any atom is -0.424 e. The highest BCUT2D eigenvalue weighted by Crippen LogP contribution is 2.02. The molecule has 0 saturated heterocycles. The Morgan fingerprint density at radius 2 is 2.38 bits per heavy atom. The lowest BCUT2D eigenvalue weighted by Crippen LogP contribution is -1.88. The maximum absolute atomic E-state index is 5.08. The zero-order chi connectivity index (χ0) is 5.98. The van der Waals surface area contributed by atoms with Gasteiger partial charge in [-0.05, 0) is 19.1 Å². The quantitative estimate of drug-likeness (QED) is 0.509. The smallest absolute Gasteiger partial charge is 0.224 e. The zero-order valence-electron chi connectivity index (χ0n) is 4.73. The van der Waals surface area contributed by atoms with Gasteiger partial charge in [0.15, 0.2) is 0 Å². The van der Waals surface area contributed by atoms with Gasteiger partial charge < -0.3 is 10.2 Å². The van der Waals surface area contributed by atoms with Gasteiger partial charge in [0.1, 0.15) is 0 Å². The van der Waals surface area contributed by atoms with Gasteiger partial charge in [-0.3, -0.25) is 0 Å². The first-order valence-corrected chi connectivity index (χ1v) is 2.45. The second-order valence-electron chi connectivity index (χ2n) is 1.70. The van der Waals surface area contributed by atoms with Crippen molar-refractivity contribution < 1.29 is 0 Å². The van der Waals surface area contributed by atoms with E-state index in [1.807, 2.05) is 19.1 Å². The van der Waals surface area contributed by atoms with Crippen LogP contribution in [0.15, 0.2) is 12.1 Å². The molecule has 8 heavy (non-hydrogen) atoms. The largest absolute Gasteiger partial charge is 0.424 e. The third kappa shape index (κ3) is 0.859. The molecule has 1 heterocycles. The predicted octanol–water partition coefficient (Wildman–Crippen LogP) is 0.819. The molecule has 40 valence electrons. The number of aromatic nitrogens is 1. The predicted molar refractivity (Wildman–Crippen MR) is 34.9 cm³/mol. The molecule has 0 saturated carbocycles.